The predicted molar refractivity (Wildman–Crippen MR) is 147 cm³/mol. The Morgan fingerprint density at radius 1 is 0.947 bits per heavy atom. The zero-order valence-electron chi connectivity index (χ0n) is 20.1. The smallest absolute Gasteiger partial charge is 0.244 e. The summed E-state index contributed by atoms with van der Waals surface area (Å²) in [5.74, 6) is -1.45. The summed E-state index contributed by atoms with van der Waals surface area (Å²) in [6, 6.07) is 14.5. The zero-order chi connectivity index (χ0) is 26.9. The number of nitrogens with two attached hydrogens (primary N) is 1. The number of halogens is 2. The van der Waals surface area contributed by atoms with Gasteiger partial charge in [0.15, 0.2) is 11.6 Å². The Morgan fingerprint density at radius 3 is 2.61 bits per heavy atom. The molecule has 5 rings (SSSR count). The monoisotopic (exact) mass is 550 g/mol. The standard InChI is InChI=1S/C25H21BF2N6O2S2/c26-16-9-23(38(35,36)34-10-14-1-4-19(27)20(28)7-14)25(30-11-16)31-12-17-3-6-22(37-17)15-2-5-21-18(8-15)24(29)33-13-32-21/h1-9,11,13,34H,10,12,26H2,(H,30,31)(H2,29,32,33). The second kappa shape index (κ2) is 10.4. The van der Waals surface area contributed by atoms with Gasteiger partial charge in [-0.1, -0.05) is 17.6 Å². The molecule has 0 aliphatic carbocycles. The van der Waals surface area contributed by atoms with Crippen molar-refractivity contribution in [3.8, 4) is 10.4 Å². The van der Waals surface area contributed by atoms with Crippen molar-refractivity contribution in [1.29, 1.82) is 0 Å². The van der Waals surface area contributed by atoms with E-state index in [1.165, 1.54) is 18.5 Å². The maximum absolute atomic E-state index is 13.5. The van der Waals surface area contributed by atoms with Crippen LogP contribution in [-0.4, -0.2) is 31.2 Å². The highest BCUT2D eigenvalue weighted by atomic mass is 32.2. The van der Waals surface area contributed by atoms with Gasteiger partial charge in [-0.3, -0.25) is 0 Å². The molecule has 0 aliphatic heterocycles. The van der Waals surface area contributed by atoms with Crippen molar-refractivity contribution in [2.45, 2.75) is 18.0 Å². The second-order valence-corrected chi connectivity index (χ2v) is 11.4. The molecular formula is C25H21BF2N6O2S2. The molecule has 38 heavy (non-hydrogen) atoms. The molecule has 192 valence electrons. The van der Waals surface area contributed by atoms with Gasteiger partial charge in [0.1, 0.15) is 30.7 Å². The second-order valence-electron chi connectivity index (χ2n) is 8.54. The normalized spacial score (nSPS) is 11.6. The van der Waals surface area contributed by atoms with Gasteiger partial charge >= 0.3 is 0 Å². The van der Waals surface area contributed by atoms with Gasteiger partial charge in [-0.05, 0) is 53.6 Å². The van der Waals surface area contributed by atoms with Crippen LogP contribution in [0.5, 0.6) is 0 Å². The molecule has 0 fully saturated rings. The number of fused-ring (bicyclic) bond motifs is 1. The van der Waals surface area contributed by atoms with E-state index >= 15 is 0 Å². The molecule has 0 aliphatic rings. The Labute approximate surface area is 222 Å². The van der Waals surface area contributed by atoms with E-state index < -0.39 is 21.7 Å². The van der Waals surface area contributed by atoms with Crippen LogP contribution in [-0.2, 0) is 23.1 Å². The van der Waals surface area contributed by atoms with Crippen molar-refractivity contribution in [2.24, 2.45) is 0 Å². The van der Waals surface area contributed by atoms with Crippen molar-refractivity contribution in [3.05, 3.63) is 89.2 Å². The molecule has 2 aromatic carbocycles. The minimum absolute atomic E-state index is 0.0399. The molecule has 0 spiro atoms. The van der Waals surface area contributed by atoms with Gasteiger partial charge in [-0.15, -0.1) is 11.3 Å². The number of benzene rings is 2. The molecule has 3 heterocycles. The average Bonchev–Trinajstić information content (AvgIpc) is 3.38. The molecule has 0 saturated heterocycles. The Morgan fingerprint density at radius 2 is 1.79 bits per heavy atom. The van der Waals surface area contributed by atoms with Gasteiger partial charge in [0.25, 0.3) is 0 Å². The fourth-order valence-electron chi connectivity index (χ4n) is 3.81. The number of nitrogen functional groups attached to an aromatic ring is 1. The first-order chi connectivity index (χ1) is 18.2. The number of pyridine rings is 1. The van der Waals surface area contributed by atoms with Crippen LogP contribution in [0.3, 0.4) is 0 Å². The predicted octanol–water partition coefficient (Wildman–Crippen LogP) is 2.96. The van der Waals surface area contributed by atoms with E-state index in [2.05, 4.69) is 25.0 Å². The van der Waals surface area contributed by atoms with E-state index in [-0.39, 0.29) is 22.8 Å². The molecule has 5 aromatic rings. The third-order valence-electron chi connectivity index (χ3n) is 5.77. The molecule has 0 atom stereocenters. The van der Waals surface area contributed by atoms with E-state index in [0.717, 1.165) is 38.4 Å². The van der Waals surface area contributed by atoms with E-state index in [0.29, 0.717) is 17.8 Å². The Kier molecular flexibility index (Phi) is 7.06. The third-order valence-corrected chi connectivity index (χ3v) is 8.32. The maximum Gasteiger partial charge on any atom is 0.244 e. The number of hydrogen-bond acceptors (Lipinski definition) is 8. The van der Waals surface area contributed by atoms with Crippen LogP contribution >= 0.6 is 11.3 Å². The van der Waals surface area contributed by atoms with Crippen LogP contribution in [0.1, 0.15) is 10.4 Å². The van der Waals surface area contributed by atoms with Crippen molar-refractivity contribution in [1.82, 2.24) is 19.7 Å². The number of anilines is 2. The topological polar surface area (TPSA) is 123 Å². The van der Waals surface area contributed by atoms with E-state index in [9.17, 15) is 17.2 Å². The summed E-state index contributed by atoms with van der Waals surface area (Å²) < 4.78 is 55.3. The lowest BCUT2D eigenvalue weighted by molar-refractivity contribution is 0.506. The molecule has 0 unspecified atom stereocenters. The lowest BCUT2D eigenvalue weighted by Gasteiger charge is -2.13. The number of hydrogen-bond donors (Lipinski definition) is 3. The van der Waals surface area contributed by atoms with Crippen LogP contribution in [0.2, 0.25) is 0 Å². The number of thiophene rings is 1. The van der Waals surface area contributed by atoms with Crippen molar-refractivity contribution < 1.29 is 17.2 Å². The van der Waals surface area contributed by atoms with Crippen molar-refractivity contribution in [2.75, 3.05) is 11.1 Å². The van der Waals surface area contributed by atoms with E-state index in [4.69, 9.17) is 5.73 Å². The molecule has 0 amide bonds. The van der Waals surface area contributed by atoms with Crippen LogP contribution in [0, 0.1) is 11.6 Å². The molecular weight excluding hydrogens is 529 g/mol. The molecule has 8 nitrogen and oxygen atoms in total. The summed E-state index contributed by atoms with van der Waals surface area (Å²) in [4.78, 5) is 14.5. The minimum Gasteiger partial charge on any atom is -0.383 e. The third kappa shape index (κ3) is 5.49. The fourth-order valence-corrected chi connectivity index (χ4v) is 5.99. The summed E-state index contributed by atoms with van der Waals surface area (Å²) in [5, 5.41) is 3.88. The Bertz CT molecular complexity index is 1760. The summed E-state index contributed by atoms with van der Waals surface area (Å²) in [6.07, 6.45) is 3.00. The quantitative estimate of drug-likeness (QED) is 0.254. The number of nitrogens with zero attached hydrogens (tertiary/aromatic N) is 3. The first-order valence-electron chi connectivity index (χ1n) is 11.4. The Hall–Kier alpha value is -3.94. The molecule has 0 radical (unpaired) electrons. The Balaban J connectivity index is 1.33. The van der Waals surface area contributed by atoms with Crippen LogP contribution < -0.4 is 21.2 Å². The van der Waals surface area contributed by atoms with Crippen LogP contribution in [0.4, 0.5) is 20.4 Å². The number of aromatic nitrogens is 3. The molecule has 3 aromatic heterocycles. The SMILES string of the molecule is Bc1cnc(NCc2ccc(-c3ccc4ncnc(N)c4c3)s2)c(S(=O)(=O)NCc2ccc(F)c(F)c2)c1. The molecule has 4 N–H and O–H groups in total. The fraction of sp³-hybridized carbons (Fsp3) is 0.0800. The lowest BCUT2D eigenvalue weighted by atomic mass is 9.99. The molecule has 13 heteroatoms. The van der Waals surface area contributed by atoms with Gasteiger partial charge in [-0.2, -0.15) is 0 Å². The van der Waals surface area contributed by atoms with Crippen LogP contribution in [0.25, 0.3) is 21.3 Å². The largest absolute Gasteiger partial charge is 0.383 e. The average molecular weight is 550 g/mol. The highest BCUT2D eigenvalue weighted by Crippen LogP contribution is 2.31. The maximum atomic E-state index is 13.5. The van der Waals surface area contributed by atoms with E-state index in [1.807, 2.05) is 30.3 Å². The first kappa shape index (κ1) is 25.7. The number of nitrogens with one attached hydrogen (secondary N) is 2. The van der Waals surface area contributed by atoms with Crippen LogP contribution in [0.15, 0.2) is 72.0 Å². The summed E-state index contributed by atoms with van der Waals surface area (Å²) in [7, 11) is -2.28. The van der Waals surface area contributed by atoms with Crippen molar-refractivity contribution >= 4 is 57.2 Å². The van der Waals surface area contributed by atoms with Gasteiger partial charge in [0.2, 0.25) is 10.0 Å². The van der Waals surface area contributed by atoms with Crippen molar-refractivity contribution in [3.63, 3.8) is 0 Å². The summed E-state index contributed by atoms with van der Waals surface area (Å²) >= 11 is 1.54. The lowest BCUT2D eigenvalue weighted by Crippen LogP contribution is -2.26. The highest BCUT2D eigenvalue weighted by molar-refractivity contribution is 7.89. The van der Waals surface area contributed by atoms with Gasteiger partial charge in [0, 0.05) is 27.9 Å². The minimum atomic E-state index is -4.01. The highest BCUT2D eigenvalue weighted by Gasteiger charge is 2.20. The van der Waals surface area contributed by atoms with Gasteiger partial charge in [-0.25, -0.2) is 36.9 Å². The molecule has 0 saturated carbocycles. The first-order valence-corrected chi connectivity index (χ1v) is 13.7. The summed E-state index contributed by atoms with van der Waals surface area (Å²) in [5.41, 5.74) is 8.67. The van der Waals surface area contributed by atoms with Gasteiger partial charge < -0.3 is 11.1 Å². The van der Waals surface area contributed by atoms with Gasteiger partial charge in [0.05, 0.1) is 12.1 Å². The molecule has 0 bridgehead atoms. The zero-order valence-corrected chi connectivity index (χ0v) is 21.7. The number of sulfonamides is 1. The number of rotatable bonds is 8. The summed E-state index contributed by atoms with van der Waals surface area (Å²) in [6.45, 7) is 0.133. The van der Waals surface area contributed by atoms with E-state index in [1.54, 1.807) is 25.4 Å².